The lowest BCUT2D eigenvalue weighted by Gasteiger charge is -2.36. The number of carbonyl (C=O) groups excluding carboxylic acids is 4. The third-order valence-corrected chi connectivity index (χ3v) is 11.3. The molecule has 3 aromatic rings. The Balaban J connectivity index is 1.69. The molecule has 0 aromatic carbocycles. The van der Waals surface area contributed by atoms with Crippen molar-refractivity contribution in [2.24, 2.45) is 5.92 Å². The van der Waals surface area contributed by atoms with E-state index in [1.807, 2.05) is 52.0 Å². The van der Waals surface area contributed by atoms with Crippen molar-refractivity contribution in [1.82, 2.24) is 19.9 Å². The number of nitrogens with zero attached hydrogens (tertiary/aromatic N) is 2. The van der Waals surface area contributed by atoms with E-state index in [9.17, 15) is 34.5 Å². The van der Waals surface area contributed by atoms with Crippen LogP contribution in [-0.2, 0) is 50.0 Å². The number of ether oxygens (including phenoxy) is 4. The van der Waals surface area contributed by atoms with Gasteiger partial charge in [-0.1, -0.05) is 24.8 Å². The average Bonchev–Trinajstić information content (AvgIpc) is 3.89. The Morgan fingerprint density at radius 1 is 0.767 bits per heavy atom. The number of aryl methyl sites for hydroxylation is 3. The van der Waals surface area contributed by atoms with E-state index in [4.69, 9.17) is 28.9 Å². The van der Waals surface area contributed by atoms with Crippen LogP contribution in [0.4, 0.5) is 0 Å². The predicted molar refractivity (Wildman–Crippen MR) is 224 cm³/mol. The monoisotopic (exact) mass is 822 g/mol. The van der Waals surface area contributed by atoms with Gasteiger partial charge < -0.3 is 44.2 Å². The van der Waals surface area contributed by atoms with Gasteiger partial charge in [-0.05, 0) is 98.2 Å². The molecule has 0 radical (unpaired) electrons. The van der Waals surface area contributed by atoms with Gasteiger partial charge in [0.05, 0.1) is 60.7 Å². The summed E-state index contributed by atoms with van der Waals surface area (Å²) in [5.41, 5.74) is 9.13. The van der Waals surface area contributed by atoms with Gasteiger partial charge in [0.15, 0.2) is 0 Å². The molecule has 0 saturated heterocycles. The van der Waals surface area contributed by atoms with Crippen LogP contribution in [0.2, 0.25) is 0 Å². The molecule has 3 aromatic heterocycles. The van der Waals surface area contributed by atoms with E-state index >= 15 is 0 Å². The molecule has 0 unspecified atom stereocenters. The van der Waals surface area contributed by atoms with E-state index in [-0.39, 0.29) is 64.3 Å². The number of hydrogen-bond acceptors (Lipinski definition) is 13. The van der Waals surface area contributed by atoms with Crippen molar-refractivity contribution in [2.75, 3.05) is 46.8 Å². The Bertz CT molecular complexity index is 2510. The number of methoxy groups -OCH3 is 1. The fourth-order valence-corrected chi connectivity index (χ4v) is 8.14. The van der Waals surface area contributed by atoms with Crippen LogP contribution in [0.25, 0.3) is 44.9 Å². The first-order chi connectivity index (χ1) is 28.8. The van der Waals surface area contributed by atoms with E-state index < -0.39 is 41.8 Å². The Kier molecular flexibility index (Phi) is 13.3. The smallest absolute Gasteiger partial charge is 0.335 e. The fourth-order valence-electron chi connectivity index (χ4n) is 8.14. The fraction of sp³-hybridized carbons (Fsp3) is 0.378. The van der Waals surface area contributed by atoms with Crippen LogP contribution in [0.3, 0.4) is 0 Å². The minimum atomic E-state index is -1.27. The van der Waals surface area contributed by atoms with Crippen LogP contribution < -0.4 is 0 Å². The van der Waals surface area contributed by atoms with Crippen LogP contribution in [0.1, 0.15) is 78.1 Å². The zero-order valence-electron chi connectivity index (χ0n) is 34.4. The van der Waals surface area contributed by atoms with Gasteiger partial charge in [0.1, 0.15) is 25.7 Å². The summed E-state index contributed by atoms with van der Waals surface area (Å²) in [5.74, 6) is -3.62. The quantitative estimate of drug-likeness (QED) is 0.102. The molecule has 15 nitrogen and oxygen atoms in total. The first-order valence-corrected chi connectivity index (χ1v) is 19.7. The molecule has 0 amide bonds. The Morgan fingerprint density at radius 3 is 2.02 bits per heavy atom. The largest absolute Gasteiger partial charge is 0.469 e. The molecule has 5 N–H and O–H groups in total. The molecule has 3 aliphatic rings. The van der Waals surface area contributed by atoms with Crippen molar-refractivity contribution < 1.29 is 53.4 Å². The minimum Gasteiger partial charge on any atom is -0.469 e. The van der Waals surface area contributed by atoms with Gasteiger partial charge in [0, 0.05) is 40.5 Å². The van der Waals surface area contributed by atoms with Crippen molar-refractivity contribution in [3.63, 3.8) is 0 Å². The number of allylic oxidation sites excluding steroid dienone is 5. The molecule has 0 spiro atoms. The van der Waals surface area contributed by atoms with Crippen molar-refractivity contribution in [3.05, 3.63) is 93.6 Å². The summed E-state index contributed by atoms with van der Waals surface area (Å²) < 4.78 is 21.0. The maximum absolute atomic E-state index is 13.9. The molecule has 2 atom stereocenters. The van der Waals surface area contributed by atoms with Crippen molar-refractivity contribution >= 4 is 68.7 Å². The summed E-state index contributed by atoms with van der Waals surface area (Å²) in [4.78, 5) is 70.0. The third kappa shape index (κ3) is 8.33. The Hall–Kier alpha value is -6.16. The van der Waals surface area contributed by atoms with Crippen LogP contribution >= 0.6 is 0 Å². The average molecular weight is 823 g/mol. The molecule has 6 rings (SSSR count). The van der Waals surface area contributed by atoms with Crippen molar-refractivity contribution in [2.45, 2.75) is 58.8 Å². The second kappa shape index (κ2) is 18.4. The Morgan fingerprint density at radius 2 is 1.37 bits per heavy atom. The molecular formula is C45H50N4O11. The third-order valence-electron chi connectivity index (χ3n) is 11.3. The summed E-state index contributed by atoms with van der Waals surface area (Å²) in [7, 11) is 1.25. The molecular weight excluding hydrogens is 773 g/mol. The SMILES string of the molecule is C=Cc1c(C)c2cc3nc(cc4[nH]c(cc5nc(cc1[nH]2)C(C)=C5CCC(=O)OCCO)c(CCC(=O)OCCO)c4C)[C@@]1(C)C3=CC=C(C(=O)OCCO)[C@H]1C(=O)OC. The highest BCUT2D eigenvalue weighted by atomic mass is 16.6. The summed E-state index contributed by atoms with van der Waals surface area (Å²) >= 11 is 0. The molecule has 60 heavy (non-hydrogen) atoms. The minimum absolute atomic E-state index is 0.000591. The van der Waals surface area contributed by atoms with Gasteiger partial charge >= 0.3 is 23.9 Å². The highest BCUT2D eigenvalue weighted by molar-refractivity contribution is 6.02. The molecule has 8 bridgehead atoms. The summed E-state index contributed by atoms with van der Waals surface area (Å²) in [6.07, 6.45) is 5.61. The predicted octanol–water partition coefficient (Wildman–Crippen LogP) is 4.90. The normalized spacial score (nSPS) is 17.0. The second-order valence-electron chi connectivity index (χ2n) is 14.8. The highest BCUT2D eigenvalue weighted by Gasteiger charge is 2.53. The molecule has 1 aliphatic carbocycles. The topological polar surface area (TPSA) is 223 Å². The van der Waals surface area contributed by atoms with Gasteiger partial charge in [-0.15, -0.1) is 0 Å². The molecule has 2 aliphatic heterocycles. The van der Waals surface area contributed by atoms with Gasteiger partial charge in [0.2, 0.25) is 0 Å². The first kappa shape index (κ1) is 43.4. The number of fused-ring (bicyclic) bond motifs is 11. The zero-order valence-corrected chi connectivity index (χ0v) is 34.4. The lowest BCUT2D eigenvalue weighted by atomic mass is 9.64. The number of carbonyl (C=O) groups is 4. The molecule has 5 heterocycles. The van der Waals surface area contributed by atoms with Gasteiger partial charge in [0.25, 0.3) is 0 Å². The Labute approximate surface area is 346 Å². The maximum Gasteiger partial charge on any atom is 0.335 e. The van der Waals surface area contributed by atoms with Crippen molar-refractivity contribution in [1.29, 1.82) is 0 Å². The van der Waals surface area contributed by atoms with Crippen LogP contribution in [0.5, 0.6) is 0 Å². The lowest BCUT2D eigenvalue weighted by Crippen LogP contribution is -2.42. The number of aromatic amines is 2. The van der Waals surface area contributed by atoms with E-state index in [0.29, 0.717) is 39.4 Å². The number of aliphatic hydroxyl groups is 3. The molecule has 15 heteroatoms. The zero-order chi connectivity index (χ0) is 43.3. The first-order valence-electron chi connectivity index (χ1n) is 19.7. The number of aliphatic hydroxyl groups excluding tert-OH is 3. The standard InChI is InChI=1S/C45H50N4O11/c1-7-27-24(2)33-21-38-31-11-8-30(43(55)60-19-16-52)42(44(56)57-6)45(31,5)39(49-38)23-34-26(4)29(10-13-41(54)59-18-15-51)37(48-34)22-36-28(9-12-40(53)58-17-14-50)25(3)32(47-36)20-35(27)46-33/h7-8,11,20-23,42,46,48,50-52H,1,9-10,12-19H2,2-6H3/t42-,45+/m0/s1. The molecule has 0 saturated carbocycles. The van der Waals surface area contributed by atoms with Crippen LogP contribution in [0, 0.1) is 19.8 Å². The maximum atomic E-state index is 13.9. The van der Waals surface area contributed by atoms with E-state index in [0.717, 1.165) is 44.4 Å². The van der Waals surface area contributed by atoms with E-state index in [1.54, 1.807) is 12.2 Å². The molecule has 0 fully saturated rings. The highest BCUT2D eigenvalue weighted by Crippen LogP contribution is 2.52. The summed E-state index contributed by atoms with van der Waals surface area (Å²) in [6.45, 7) is 10.2. The number of H-pyrrole nitrogens is 2. The second-order valence-corrected chi connectivity index (χ2v) is 14.8. The van der Waals surface area contributed by atoms with E-state index in [1.165, 1.54) is 13.2 Å². The van der Waals surface area contributed by atoms with Gasteiger partial charge in [-0.25, -0.2) is 9.78 Å². The molecule has 316 valence electrons. The van der Waals surface area contributed by atoms with Crippen LogP contribution in [0.15, 0.2) is 48.6 Å². The number of nitrogens with one attached hydrogen (secondary N) is 2. The number of hydrogen-bond donors (Lipinski definition) is 5. The van der Waals surface area contributed by atoms with Gasteiger partial charge in [-0.3, -0.25) is 19.4 Å². The number of aromatic nitrogens is 4. The van der Waals surface area contributed by atoms with Crippen molar-refractivity contribution in [3.8, 4) is 0 Å². The lowest BCUT2D eigenvalue weighted by molar-refractivity contribution is -0.150. The summed E-state index contributed by atoms with van der Waals surface area (Å²) in [5, 5.41) is 27.8. The number of esters is 4. The van der Waals surface area contributed by atoms with Crippen LogP contribution in [-0.4, -0.2) is 106 Å². The summed E-state index contributed by atoms with van der Waals surface area (Å²) in [6, 6.07) is 7.50. The van der Waals surface area contributed by atoms with Gasteiger partial charge in [-0.2, -0.15) is 0 Å². The number of rotatable bonds is 15. The van der Waals surface area contributed by atoms with E-state index in [2.05, 4.69) is 16.5 Å².